The number of aliphatic hydroxyl groups excluding tert-OH is 1. The summed E-state index contributed by atoms with van der Waals surface area (Å²) in [4.78, 5) is 0. The summed E-state index contributed by atoms with van der Waals surface area (Å²) in [7, 11) is -3.12. The average Bonchev–Trinajstić information content (AvgIpc) is 2.93. The van der Waals surface area contributed by atoms with Crippen LogP contribution in [0.15, 0.2) is 6.20 Å². The SMILES string of the molecule is CCCCS(=O)(=O)N1CCCC(Cn2cc(CO)nn2)C1. The lowest BCUT2D eigenvalue weighted by Crippen LogP contribution is -2.42. The summed E-state index contributed by atoms with van der Waals surface area (Å²) in [6.07, 6.45) is 5.20. The van der Waals surface area contributed by atoms with Crippen LogP contribution < -0.4 is 0 Å². The van der Waals surface area contributed by atoms with E-state index in [0.717, 1.165) is 19.3 Å². The molecule has 1 aromatic heterocycles. The normalized spacial score (nSPS) is 20.8. The molecule has 1 aliphatic rings. The van der Waals surface area contributed by atoms with Gasteiger partial charge in [0.1, 0.15) is 5.69 Å². The number of hydrogen-bond acceptors (Lipinski definition) is 5. The average molecular weight is 316 g/mol. The van der Waals surface area contributed by atoms with Crippen molar-refractivity contribution in [3.05, 3.63) is 11.9 Å². The largest absolute Gasteiger partial charge is 0.390 e. The molecule has 2 heterocycles. The number of sulfonamides is 1. The van der Waals surface area contributed by atoms with Crippen molar-refractivity contribution < 1.29 is 13.5 Å². The molecule has 0 bridgehead atoms. The second-order valence-corrected chi connectivity index (χ2v) is 7.71. The summed E-state index contributed by atoms with van der Waals surface area (Å²) in [6.45, 7) is 3.70. The van der Waals surface area contributed by atoms with Crippen molar-refractivity contribution in [3.63, 3.8) is 0 Å². The van der Waals surface area contributed by atoms with Gasteiger partial charge in [0.15, 0.2) is 0 Å². The Morgan fingerprint density at radius 3 is 2.95 bits per heavy atom. The van der Waals surface area contributed by atoms with Crippen molar-refractivity contribution in [1.82, 2.24) is 19.3 Å². The molecule has 21 heavy (non-hydrogen) atoms. The van der Waals surface area contributed by atoms with E-state index in [4.69, 9.17) is 5.11 Å². The summed E-state index contributed by atoms with van der Waals surface area (Å²) in [5.41, 5.74) is 0.540. The van der Waals surface area contributed by atoms with E-state index in [9.17, 15) is 8.42 Å². The molecule has 8 heteroatoms. The van der Waals surface area contributed by atoms with E-state index in [0.29, 0.717) is 31.7 Å². The number of piperidine rings is 1. The Balaban J connectivity index is 1.94. The third-order valence-corrected chi connectivity index (χ3v) is 5.75. The monoisotopic (exact) mass is 316 g/mol. The summed E-state index contributed by atoms with van der Waals surface area (Å²) < 4.78 is 27.8. The Bertz CT molecular complexity index is 543. The minimum absolute atomic E-state index is 0.123. The molecule has 0 radical (unpaired) electrons. The molecule has 120 valence electrons. The zero-order chi connectivity index (χ0) is 15.3. The number of aromatic nitrogens is 3. The van der Waals surface area contributed by atoms with Gasteiger partial charge in [0.2, 0.25) is 10.0 Å². The Hall–Kier alpha value is -0.990. The second kappa shape index (κ2) is 7.33. The lowest BCUT2D eigenvalue weighted by molar-refractivity contribution is 0.238. The van der Waals surface area contributed by atoms with Crippen LogP contribution in [0.5, 0.6) is 0 Å². The van der Waals surface area contributed by atoms with E-state index in [1.807, 2.05) is 6.92 Å². The molecule has 0 spiro atoms. The van der Waals surface area contributed by atoms with E-state index in [-0.39, 0.29) is 18.3 Å². The van der Waals surface area contributed by atoms with E-state index in [1.165, 1.54) is 0 Å². The molecule has 1 aromatic rings. The molecule has 0 saturated carbocycles. The van der Waals surface area contributed by atoms with Gasteiger partial charge in [0.05, 0.1) is 18.6 Å². The standard InChI is InChI=1S/C13H24N4O3S/c1-2-3-7-21(19,20)17-6-4-5-12(9-17)8-16-10-13(11-18)14-15-16/h10,12,18H,2-9,11H2,1H3. The third kappa shape index (κ3) is 4.49. The van der Waals surface area contributed by atoms with Crippen LogP contribution in [0.4, 0.5) is 0 Å². The maximum absolute atomic E-state index is 12.3. The Kier molecular flexibility index (Phi) is 5.72. The van der Waals surface area contributed by atoms with Crippen molar-refractivity contribution in [2.24, 2.45) is 5.92 Å². The van der Waals surface area contributed by atoms with Crippen LogP contribution in [0.2, 0.25) is 0 Å². The Morgan fingerprint density at radius 2 is 2.29 bits per heavy atom. The molecule has 1 aliphatic heterocycles. The van der Waals surface area contributed by atoms with Gasteiger partial charge in [-0.1, -0.05) is 18.6 Å². The maximum atomic E-state index is 12.3. The summed E-state index contributed by atoms with van der Waals surface area (Å²) >= 11 is 0. The molecule has 1 saturated heterocycles. The van der Waals surface area contributed by atoms with Gasteiger partial charge in [-0.2, -0.15) is 0 Å². The molecule has 1 N–H and O–H groups in total. The smallest absolute Gasteiger partial charge is 0.214 e. The third-order valence-electron chi connectivity index (χ3n) is 3.82. The van der Waals surface area contributed by atoms with Gasteiger partial charge >= 0.3 is 0 Å². The number of unbranched alkanes of at least 4 members (excludes halogenated alkanes) is 1. The number of hydrogen-bond donors (Lipinski definition) is 1. The van der Waals surface area contributed by atoms with Crippen LogP contribution in [0.25, 0.3) is 0 Å². The molecule has 2 rings (SSSR count). The molecular formula is C13H24N4O3S. The summed E-state index contributed by atoms with van der Waals surface area (Å²) in [5, 5.41) is 16.8. The number of rotatable bonds is 7. The van der Waals surface area contributed by atoms with E-state index < -0.39 is 10.0 Å². The van der Waals surface area contributed by atoms with Crippen LogP contribution in [0.3, 0.4) is 0 Å². The molecule has 0 amide bonds. The first-order chi connectivity index (χ1) is 10.0. The highest BCUT2D eigenvalue weighted by atomic mass is 32.2. The predicted octanol–water partition coefficient (Wildman–Crippen LogP) is 0.612. The fourth-order valence-electron chi connectivity index (χ4n) is 2.65. The van der Waals surface area contributed by atoms with Crippen molar-refractivity contribution >= 4 is 10.0 Å². The number of aliphatic hydroxyl groups is 1. The van der Waals surface area contributed by atoms with Gasteiger partial charge in [-0.05, 0) is 25.2 Å². The Morgan fingerprint density at radius 1 is 1.48 bits per heavy atom. The first-order valence-electron chi connectivity index (χ1n) is 7.53. The van der Waals surface area contributed by atoms with Crippen molar-refractivity contribution in [2.75, 3.05) is 18.8 Å². The van der Waals surface area contributed by atoms with Crippen molar-refractivity contribution in [2.45, 2.75) is 45.8 Å². The molecule has 1 unspecified atom stereocenters. The van der Waals surface area contributed by atoms with E-state index >= 15 is 0 Å². The first kappa shape index (κ1) is 16.4. The molecule has 0 aromatic carbocycles. The molecular weight excluding hydrogens is 292 g/mol. The van der Waals surface area contributed by atoms with Gasteiger partial charge in [-0.25, -0.2) is 12.7 Å². The summed E-state index contributed by atoms with van der Waals surface area (Å²) in [6, 6.07) is 0. The van der Waals surface area contributed by atoms with Gasteiger partial charge in [-0.15, -0.1) is 5.10 Å². The van der Waals surface area contributed by atoms with Gasteiger partial charge in [-0.3, -0.25) is 4.68 Å². The maximum Gasteiger partial charge on any atom is 0.214 e. The highest BCUT2D eigenvalue weighted by Gasteiger charge is 2.28. The van der Waals surface area contributed by atoms with Gasteiger partial charge < -0.3 is 5.11 Å². The quantitative estimate of drug-likeness (QED) is 0.796. The van der Waals surface area contributed by atoms with E-state index in [2.05, 4.69) is 10.3 Å². The van der Waals surface area contributed by atoms with Crippen LogP contribution in [0, 0.1) is 5.92 Å². The minimum atomic E-state index is -3.12. The fourth-order valence-corrected chi connectivity index (χ4v) is 4.41. The highest BCUT2D eigenvalue weighted by molar-refractivity contribution is 7.89. The second-order valence-electron chi connectivity index (χ2n) is 5.63. The van der Waals surface area contributed by atoms with Gasteiger partial charge in [0.25, 0.3) is 0 Å². The van der Waals surface area contributed by atoms with E-state index in [1.54, 1.807) is 15.2 Å². The fraction of sp³-hybridized carbons (Fsp3) is 0.846. The zero-order valence-electron chi connectivity index (χ0n) is 12.5. The Labute approximate surface area is 126 Å². The van der Waals surface area contributed by atoms with Gasteiger partial charge in [0, 0.05) is 19.6 Å². The van der Waals surface area contributed by atoms with Crippen LogP contribution >= 0.6 is 0 Å². The minimum Gasteiger partial charge on any atom is -0.390 e. The lowest BCUT2D eigenvalue weighted by atomic mass is 10.00. The molecule has 0 aliphatic carbocycles. The lowest BCUT2D eigenvalue weighted by Gasteiger charge is -2.31. The molecule has 1 fully saturated rings. The molecule has 1 atom stereocenters. The predicted molar refractivity (Wildman–Crippen MR) is 78.9 cm³/mol. The zero-order valence-corrected chi connectivity index (χ0v) is 13.3. The van der Waals surface area contributed by atoms with Crippen molar-refractivity contribution in [1.29, 1.82) is 0 Å². The van der Waals surface area contributed by atoms with Crippen LogP contribution in [0.1, 0.15) is 38.3 Å². The topological polar surface area (TPSA) is 88.3 Å². The molecule has 7 nitrogen and oxygen atoms in total. The van der Waals surface area contributed by atoms with Crippen LogP contribution in [-0.2, 0) is 23.2 Å². The number of nitrogens with zero attached hydrogens (tertiary/aromatic N) is 4. The highest BCUT2D eigenvalue weighted by Crippen LogP contribution is 2.21. The first-order valence-corrected chi connectivity index (χ1v) is 9.13. The summed E-state index contributed by atoms with van der Waals surface area (Å²) in [5.74, 6) is 0.497. The van der Waals surface area contributed by atoms with Crippen LogP contribution in [-0.4, -0.2) is 51.7 Å². The van der Waals surface area contributed by atoms with Crippen molar-refractivity contribution in [3.8, 4) is 0 Å².